The van der Waals surface area contributed by atoms with Crippen LogP contribution in [0.5, 0.6) is 0 Å². The number of carbonyl (C=O) groups excluding carboxylic acids is 2. The molecular formula is C18H16FNO2. The molecule has 0 radical (unpaired) electrons. The minimum Gasteiger partial charge on any atom is -0.294 e. The molecule has 1 aromatic heterocycles. The van der Waals surface area contributed by atoms with Gasteiger partial charge in [0.25, 0.3) is 0 Å². The van der Waals surface area contributed by atoms with Crippen molar-refractivity contribution in [3.8, 4) is 0 Å². The van der Waals surface area contributed by atoms with Crippen LogP contribution in [0.2, 0.25) is 0 Å². The SMILES string of the molecule is O=C(CCC(=O)c1ncccc1F)c1ccc2c(c1)CCC2. The standard InChI is InChI=1S/C18H16FNO2/c19-15-5-2-10-20-18(15)17(22)9-8-16(21)14-7-6-12-3-1-4-13(12)11-14/h2,5-7,10-11H,1,3-4,8-9H2. The van der Waals surface area contributed by atoms with Gasteiger partial charge in [-0.1, -0.05) is 12.1 Å². The van der Waals surface area contributed by atoms with Gasteiger partial charge in [-0.15, -0.1) is 0 Å². The van der Waals surface area contributed by atoms with Gasteiger partial charge < -0.3 is 0 Å². The Morgan fingerprint density at radius 3 is 2.64 bits per heavy atom. The molecule has 0 spiro atoms. The number of aromatic nitrogens is 1. The van der Waals surface area contributed by atoms with Crippen molar-refractivity contribution in [2.75, 3.05) is 0 Å². The molecule has 0 amide bonds. The number of halogens is 1. The van der Waals surface area contributed by atoms with Crippen molar-refractivity contribution in [2.45, 2.75) is 32.1 Å². The Bertz CT molecular complexity index is 740. The normalized spacial score (nSPS) is 13.0. The highest BCUT2D eigenvalue weighted by Gasteiger charge is 2.17. The third-order valence-electron chi connectivity index (χ3n) is 4.02. The lowest BCUT2D eigenvalue weighted by atomic mass is 10.00. The van der Waals surface area contributed by atoms with Crippen LogP contribution in [0.3, 0.4) is 0 Å². The minimum atomic E-state index is -0.641. The second kappa shape index (κ2) is 6.18. The molecule has 0 saturated carbocycles. The number of Topliss-reactive ketones (excluding diaryl/α,β-unsaturated/α-hetero) is 2. The van der Waals surface area contributed by atoms with Gasteiger partial charge in [0.15, 0.2) is 17.4 Å². The Morgan fingerprint density at radius 2 is 1.82 bits per heavy atom. The molecule has 22 heavy (non-hydrogen) atoms. The summed E-state index contributed by atoms with van der Waals surface area (Å²) in [6, 6.07) is 8.37. The molecule has 1 aromatic carbocycles. The molecule has 0 bridgehead atoms. The zero-order valence-corrected chi connectivity index (χ0v) is 12.1. The number of hydrogen-bond donors (Lipinski definition) is 0. The van der Waals surface area contributed by atoms with Crippen molar-refractivity contribution in [1.29, 1.82) is 0 Å². The number of carbonyl (C=O) groups is 2. The summed E-state index contributed by atoms with van der Waals surface area (Å²) < 4.78 is 13.5. The zero-order chi connectivity index (χ0) is 15.5. The molecular weight excluding hydrogens is 281 g/mol. The van der Waals surface area contributed by atoms with Crippen molar-refractivity contribution < 1.29 is 14.0 Å². The van der Waals surface area contributed by atoms with Crippen molar-refractivity contribution in [3.05, 3.63) is 64.7 Å². The van der Waals surface area contributed by atoms with E-state index in [-0.39, 0.29) is 24.3 Å². The summed E-state index contributed by atoms with van der Waals surface area (Å²) in [5.74, 6) is -1.16. The van der Waals surface area contributed by atoms with Crippen LogP contribution in [0.25, 0.3) is 0 Å². The van der Waals surface area contributed by atoms with E-state index in [1.54, 1.807) is 0 Å². The van der Waals surface area contributed by atoms with E-state index in [0.717, 1.165) is 19.3 Å². The molecule has 112 valence electrons. The maximum Gasteiger partial charge on any atom is 0.184 e. The Labute approximate surface area is 128 Å². The van der Waals surface area contributed by atoms with Crippen LogP contribution in [0.4, 0.5) is 4.39 Å². The fourth-order valence-corrected chi connectivity index (χ4v) is 2.83. The second-order valence-electron chi connectivity index (χ2n) is 5.52. The van der Waals surface area contributed by atoms with Crippen molar-refractivity contribution in [1.82, 2.24) is 4.98 Å². The van der Waals surface area contributed by atoms with Gasteiger partial charge in [0.1, 0.15) is 5.69 Å². The van der Waals surface area contributed by atoms with Gasteiger partial charge in [0, 0.05) is 24.6 Å². The first kappa shape index (κ1) is 14.6. The molecule has 3 rings (SSSR count). The molecule has 3 nitrogen and oxygen atoms in total. The Kier molecular flexibility index (Phi) is 4.09. The molecule has 4 heteroatoms. The van der Waals surface area contributed by atoms with E-state index in [1.807, 2.05) is 18.2 Å². The Hall–Kier alpha value is -2.36. The molecule has 0 unspecified atom stereocenters. The summed E-state index contributed by atoms with van der Waals surface area (Å²) >= 11 is 0. The smallest absolute Gasteiger partial charge is 0.184 e. The lowest BCUT2D eigenvalue weighted by molar-refractivity contribution is 0.0912. The molecule has 1 aliphatic rings. The molecule has 0 aliphatic heterocycles. The van der Waals surface area contributed by atoms with Crippen LogP contribution in [-0.2, 0) is 12.8 Å². The highest BCUT2D eigenvalue weighted by Crippen LogP contribution is 2.23. The molecule has 1 heterocycles. The Balaban J connectivity index is 1.65. The van der Waals surface area contributed by atoms with Gasteiger partial charge in [-0.25, -0.2) is 4.39 Å². The van der Waals surface area contributed by atoms with E-state index < -0.39 is 11.6 Å². The summed E-state index contributed by atoms with van der Waals surface area (Å²) in [5.41, 5.74) is 2.98. The van der Waals surface area contributed by atoms with Crippen molar-refractivity contribution >= 4 is 11.6 Å². The summed E-state index contributed by atoms with van der Waals surface area (Å²) in [5, 5.41) is 0. The minimum absolute atomic E-state index is 0.0240. The number of ketones is 2. The van der Waals surface area contributed by atoms with E-state index in [0.29, 0.717) is 5.56 Å². The molecule has 1 aliphatic carbocycles. The predicted molar refractivity (Wildman–Crippen MR) is 80.6 cm³/mol. The number of pyridine rings is 1. The third-order valence-corrected chi connectivity index (χ3v) is 4.02. The predicted octanol–water partition coefficient (Wildman–Crippen LogP) is 3.56. The van der Waals surface area contributed by atoms with E-state index in [1.165, 1.54) is 29.5 Å². The second-order valence-corrected chi connectivity index (χ2v) is 5.52. The lowest BCUT2D eigenvalue weighted by Gasteiger charge is -2.05. The van der Waals surface area contributed by atoms with Crippen LogP contribution >= 0.6 is 0 Å². The summed E-state index contributed by atoms with van der Waals surface area (Å²) in [7, 11) is 0. The number of hydrogen-bond acceptors (Lipinski definition) is 3. The van der Waals surface area contributed by atoms with E-state index in [9.17, 15) is 14.0 Å². The van der Waals surface area contributed by atoms with Crippen molar-refractivity contribution in [2.24, 2.45) is 0 Å². The third kappa shape index (κ3) is 2.96. The number of aryl methyl sites for hydroxylation is 2. The van der Waals surface area contributed by atoms with Crippen LogP contribution in [-0.4, -0.2) is 16.6 Å². The quantitative estimate of drug-likeness (QED) is 0.793. The van der Waals surface area contributed by atoms with Crippen LogP contribution in [0.15, 0.2) is 36.5 Å². The summed E-state index contributed by atoms with van der Waals surface area (Å²) in [6.45, 7) is 0. The topological polar surface area (TPSA) is 47.0 Å². The van der Waals surface area contributed by atoms with Crippen LogP contribution in [0, 0.1) is 5.82 Å². The van der Waals surface area contributed by atoms with Gasteiger partial charge in [-0.2, -0.15) is 0 Å². The number of fused-ring (bicyclic) bond motifs is 1. The molecule has 2 aromatic rings. The molecule has 0 saturated heterocycles. The summed E-state index contributed by atoms with van der Waals surface area (Å²) in [4.78, 5) is 27.9. The van der Waals surface area contributed by atoms with Crippen LogP contribution < -0.4 is 0 Å². The monoisotopic (exact) mass is 297 g/mol. The zero-order valence-electron chi connectivity index (χ0n) is 12.1. The van der Waals surface area contributed by atoms with E-state index in [4.69, 9.17) is 0 Å². The van der Waals surface area contributed by atoms with Gasteiger partial charge in [0.2, 0.25) is 0 Å². The fraction of sp³-hybridized carbons (Fsp3) is 0.278. The maximum atomic E-state index is 13.5. The van der Waals surface area contributed by atoms with Crippen LogP contribution in [0.1, 0.15) is 51.2 Å². The maximum absolute atomic E-state index is 13.5. The average Bonchev–Trinajstić information content (AvgIpc) is 3.00. The number of benzene rings is 1. The van der Waals surface area contributed by atoms with E-state index >= 15 is 0 Å². The first-order chi connectivity index (χ1) is 10.6. The van der Waals surface area contributed by atoms with E-state index in [2.05, 4.69) is 4.98 Å². The molecule has 0 fully saturated rings. The first-order valence-electron chi connectivity index (χ1n) is 7.44. The highest BCUT2D eigenvalue weighted by atomic mass is 19.1. The molecule has 0 N–H and O–H groups in total. The van der Waals surface area contributed by atoms with Gasteiger partial charge >= 0.3 is 0 Å². The van der Waals surface area contributed by atoms with Gasteiger partial charge in [-0.05, 0) is 48.6 Å². The molecule has 0 atom stereocenters. The van der Waals surface area contributed by atoms with Gasteiger partial charge in [0.05, 0.1) is 0 Å². The summed E-state index contributed by atoms with van der Waals surface area (Å²) in [6.07, 6.45) is 4.64. The average molecular weight is 297 g/mol. The fourth-order valence-electron chi connectivity index (χ4n) is 2.83. The van der Waals surface area contributed by atoms with Gasteiger partial charge in [-0.3, -0.25) is 14.6 Å². The largest absolute Gasteiger partial charge is 0.294 e. The van der Waals surface area contributed by atoms with Crippen molar-refractivity contribution in [3.63, 3.8) is 0 Å². The lowest BCUT2D eigenvalue weighted by Crippen LogP contribution is -2.09. The Morgan fingerprint density at radius 1 is 1.05 bits per heavy atom. The number of rotatable bonds is 5. The first-order valence-corrected chi connectivity index (χ1v) is 7.44. The highest BCUT2D eigenvalue weighted by molar-refractivity contribution is 6.01. The number of nitrogens with zero attached hydrogens (tertiary/aromatic N) is 1.